The SMILES string of the molecule is CCC(CP(=O)(O)CCCN)C(=O)O. The first-order chi connectivity index (χ1) is 6.43. The molecule has 2 atom stereocenters. The molecule has 0 saturated heterocycles. The number of nitrogens with two attached hydrogens (primary N) is 1. The molecule has 4 N–H and O–H groups in total. The maximum Gasteiger partial charge on any atom is 0.307 e. The van der Waals surface area contributed by atoms with Crippen molar-refractivity contribution in [2.24, 2.45) is 11.7 Å². The van der Waals surface area contributed by atoms with E-state index in [0.717, 1.165) is 0 Å². The van der Waals surface area contributed by atoms with Crippen molar-refractivity contribution in [3.63, 3.8) is 0 Å². The summed E-state index contributed by atoms with van der Waals surface area (Å²) in [7, 11) is -3.30. The Labute approximate surface area is 83.8 Å². The molecule has 2 unspecified atom stereocenters. The Bertz CT molecular complexity index is 231. The van der Waals surface area contributed by atoms with Crippen LogP contribution in [0.4, 0.5) is 0 Å². The van der Waals surface area contributed by atoms with Gasteiger partial charge in [-0.05, 0) is 19.4 Å². The van der Waals surface area contributed by atoms with E-state index in [-0.39, 0.29) is 12.3 Å². The van der Waals surface area contributed by atoms with E-state index < -0.39 is 19.3 Å². The summed E-state index contributed by atoms with van der Waals surface area (Å²) < 4.78 is 11.5. The number of hydrogen-bond donors (Lipinski definition) is 3. The highest BCUT2D eigenvalue weighted by Crippen LogP contribution is 2.43. The molecule has 0 saturated carbocycles. The minimum absolute atomic E-state index is 0.118. The zero-order chi connectivity index (χ0) is 11.2. The van der Waals surface area contributed by atoms with E-state index in [2.05, 4.69) is 0 Å². The largest absolute Gasteiger partial charge is 0.481 e. The summed E-state index contributed by atoms with van der Waals surface area (Å²) in [5.41, 5.74) is 5.21. The lowest BCUT2D eigenvalue weighted by molar-refractivity contribution is -0.141. The lowest BCUT2D eigenvalue weighted by atomic mass is 10.1. The third kappa shape index (κ3) is 5.37. The minimum atomic E-state index is -3.30. The second-order valence-corrected chi connectivity index (χ2v) is 5.84. The predicted octanol–water partition coefficient (Wildman–Crippen LogP) is 0.716. The summed E-state index contributed by atoms with van der Waals surface area (Å²) in [6.45, 7) is 2.05. The second-order valence-electron chi connectivity index (χ2n) is 3.34. The van der Waals surface area contributed by atoms with Crippen molar-refractivity contribution in [2.75, 3.05) is 18.9 Å². The average molecular weight is 223 g/mol. The Morgan fingerprint density at radius 3 is 2.50 bits per heavy atom. The van der Waals surface area contributed by atoms with Gasteiger partial charge in [-0.15, -0.1) is 0 Å². The van der Waals surface area contributed by atoms with Crippen molar-refractivity contribution in [3.05, 3.63) is 0 Å². The minimum Gasteiger partial charge on any atom is -0.481 e. The van der Waals surface area contributed by atoms with Gasteiger partial charge in [0, 0.05) is 12.3 Å². The summed E-state index contributed by atoms with van der Waals surface area (Å²) in [5, 5.41) is 8.71. The smallest absolute Gasteiger partial charge is 0.307 e. The van der Waals surface area contributed by atoms with Crippen LogP contribution in [-0.2, 0) is 9.36 Å². The van der Waals surface area contributed by atoms with Gasteiger partial charge in [0.1, 0.15) is 0 Å². The van der Waals surface area contributed by atoms with Crippen molar-refractivity contribution < 1.29 is 19.4 Å². The molecule has 14 heavy (non-hydrogen) atoms. The molecular weight excluding hydrogens is 205 g/mol. The van der Waals surface area contributed by atoms with E-state index in [1.54, 1.807) is 6.92 Å². The van der Waals surface area contributed by atoms with Gasteiger partial charge in [-0.1, -0.05) is 6.92 Å². The van der Waals surface area contributed by atoms with Crippen molar-refractivity contribution in [3.8, 4) is 0 Å². The molecule has 0 fully saturated rings. The van der Waals surface area contributed by atoms with Crippen LogP contribution in [0.1, 0.15) is 19.8 Å². The Balaban J connectivity index is 4.17. The quantitative estimate of drug-likeness (QED) is 0.552. The van der Waals surface area contributed by atoms with E-state index in [0.29, 0.717) is 19.4 Å². The highest BCUT2D eigenvalue weighted by Gasteiger charge is 2.26. The van der Waals surface area contributed by atoms with Gasteiger partial charge in [0.05, 0.1) is 5.92 Å². The van der Waals surface area contributed by atoms with Crippen LogP contribution in [0.2, 0.25) is 0 Å². The molecule has 0 aromatic carbocycles. The fraction of sp³-hybridized carbons (Fsp3) is 0.875. The van der Waals surface area contributed by atoms with Gasteiger partial charge in [0.2, 0.25) is 7.37 Å². The predicted molar refractivity (Wildman–Crippen MR) is 54.6 cm³/mol. The lowest BCUT2D eigenvalue weighted by Crippen LogP contribution is -2.18. The van der Waals surface area contributed by atoms with Crippen LogP contribution in [0.3, 0.4) is 0 Å². The van der Waals surface area contributed by atoms with E-state index in [1.807, 2.05) is 0 Å². The Kier molecular flexibility index (Phi) is 6.00. The lowest BCUT2D eigenvalue weighted by Gasteiger charge is -2.15. The Morgan fingerprint density at radius 2 is 2.14 bits per heavy atom. The zero-order valence-electron chi connectivity index (χ0n) is 8.35. The van der Waals surface area contributed by atoms with Crippen molar-refractivity contribution in [1.29, 1.82) is 0 Å². The van der Waals surface area contributed by atoms with Gasteiger partial charge >= 0.3 is 5.97 Å². The van der Waals surface area contributed by atoms with Crippen LogP contribution in [0.5, 0.6) is 0 Å². The number of aliphatic carboxylic acids is 1. The molecule has 0 bridgehead atoms. The highest BCUT2D eigenvalue weighted by atomic mass is 31.2. The van der Waals surface area contributed by atoms with E-state index >= 15 is 0 Å². The molecular formula is C8H18NO4P. The first-order valence-electron chi connectivity index (χ1n) is 4.66. The maximum absolute atomic E-state index is 11.5. The van der Waals surface area contributed by atoms with Crippen LogP contribution >= 0.6 is 7.37 Å². The molecule has 6 heteroatoms. The number of carboxylic acid groups (broad SMARTS) is 1. The van der Waals surface area contributed by atoms with Gasteiger partial charge in [-0.3, -0.25) is 9.36 Å². The molecule has 0 aliphatic carbocycles. The van der Waals surface area contributed by atoms with Gasteiger partial charge in [0.15, 0.2) is 0 Å². The maximum atomic E-state index is 11.5. The van der Waals surface area contributed by atoms with Crippen LogP contribution in [0.25, 0.3) is 0 Å². The summed E-state index contributed by atoms with van der Waals surface area (Å²) >= 11 is 0. The molecule has 5 nitrogen and oxygen atoms in total. The first-order valence-corrected chi connectivity index (χ1v) is 6.69. The van der Waals surface area contributed by atoms with Crippen molar-refractivity contribution in [1.82, 2.24) is 0 Å². The number of carboxylic acids is 1. The third-order valence-corrected chi connectivity index (χ3v) is 4.09. The van der Waals surface area contributed by atoms with Crippen molar-refractivity contribution >= 4 is 13.3 Å². The number of hydrogen-bond acceptors (Lipinski definition) is 3. The van der Waals surface area contributed by atoms with E-state index in [4.69, 9.17) is 10.8 Å². The number of carbonyl (C=O) groups is 1. The van der Waals surface area contributed by atoms with Gasteiger partial charge in [-0.25, -0.2) is 0 Å². The standard InChI is InChI=1S/C8H18NO4P/c1-2-7(8(10)11)6-14(12,13)5-3-4-9/h7H,2-6,9H2,1H3,(H,10,11)(H,12,13). The highest BCUT2D eigenvalue weighted by molar-refractivity contribution is 7.58. The molecule has 84 valence electrons. The summed E-state index contributed by atoms with van der Waals surface area (Å²) in [4.78, 5) is 20.1. The molecule has 0 radical (unpaired) electrons. The van der Waals surface area contributed by atoms with Gasteiger partial charge in [-0.2, -0.15) is 0 Å². The fourth-order valence-corrected chi connectivity index (χ4v) is 3.12. The second kappa shape index (κ2) is 6.17. The molecule has 0 amide bonds. The van der Waals surface area contributed by atoms with Crippen LogP contribution in [-0.4, -0.2) is 34.8 Å². The molecule has 0 heterocycles. The molecule has 0 aliphatic rings. The molecule has 0 rings (SSSR count). The Morgan fingerprint density at radius 1 is 1.57 bits per heavy atom. The van der Waals surface area contributed by atoms with Gasteiger partial charge in [0.25, 0.3) is 0 Å². The average Bonchev–Trinajstić information content (AvgIpc) is 2.10. The third-order valence-electron chi connectivity index (χ3n) is 2.06. The summed E-state index contributed by atoms with van der Waals surface area (Å²) in [5.74, 6) is -1.72. The molecule has 0 spiro atoms. The zero-order valence-corrected chi connectivity index (χ0v) is 9.24. The normalized spacial score (nSPS) is 17.4. The molecule has 0 aliphatic heterocycles. The Hall–Kier alpha value is -0.380. The monoisotopic (exact) mass is 223 g/mol. The molecule has 0 aromatic rings. The summed E-state index contributed by atoms with van der Waals surface area (Å²) in [6.07, 6.45) is 0.818. The van der Waals surface area contributed by atoms with Crippen LogP contribution in [0.15, 0.2) is 0 Å². The van der Waals surface area contributed by atoms with Crippen LogP contribution < -0.4 is 5.73 Å². The topological polar surface area (TPSA) is 101 Å². The van der Waals surface area contributed by atoms with Gasteiger partial charge < -0.3 is 15.7 Å². The summed E-state index contributed by atoms with van der Waals surface area (Å²) in [6, 6.07) is 0. The van der Waals surface area contributed by atoms with Crippen molar-refractivity contribution in [2.45, 2.75) is 19.8 Å². The molecule has 0 aromatic heterocycles. The van der Waals surface area contributed by atoms with E-state index in [9.17, 15) is 14.3 Å². The van der Waals surface area contributed by atoms with E-state index in [1.165, 1.54) is 0 Å². The fourth-order valence-electron chi connectivity index (χ4n) is 1.16. The first kappa shape index (κ1) is 13.6. The van der Waals surface area contributed by atoms with Crippen LogP contribution in [0, 0.1) is 5.92 Å². The number of rotatable bonds is 7.